The quantitative estimate of drug-likeness (QED) is 0.652. The van der Waals surface area contributed by atoms with Gasteiger partial charge in [0.05, 0.1) is 5.70 Å². The van der Waals surface area contributed by atoms with Crippen LogP contribution in [0.1, 0.15) is 44.6 Å². The van der Waals surface area contributed by atoms with Gasteiger partial charge in [0, 0.05) is 22.3 Å². The summed E-state index contributed by atoms with van der Waals surface area (Å²) in [4.78, 5) is 6.11. The van der Waals surface area contributed by atoms with Crippen LogP contribution in [0.5, 0.6) is 0 Å². The molecule has 0 fully saturated rings. The summed E-state index contributed by atoms with van der Waals surface area (Å²) in [5.74, 6) is -0.519. The zero-order valence-corrected chi connectivity index (χ0v) is 14.1. The van der Waals surface area contributed by atoms with Crippen LogP contribution in [0.4, 0.5) is 8.78 Å². The number of benzene rings is 1. The fourth-order valence-corrected chi connectivity index (χ4v) is 4.94. The molecule has 0 saturated carbocycles. The molecule has 4 heteroatoms. The highest BCUT2D eigenvalue weighted by atomic mass is 32.2. The second kappa shape index (κ2) is 5.30. The van der Waals surface area contributed by atoms with E-state index in [9.17, 15) is 8.78 Å². The highest BCUT2D eigenvalue weighted by Crippen LogP contribution is 2.51. The molecule has 120 valence electrons. The maximum atomic E-state index is 13.8. The van der Waals surface area contributed by atoms with E-state index in [0.717, 1.165) is 42.0 Å². The Morgan fingerprint density at radius 1 is 1.17 bits per heavy atom. The molecule has 2 aliphatic heterocycles. The lowest BCUT2D eigenvalue weighted by Crippen LogP contribution is -2.26. The molecule has 2 heterocycles. The zero-order chi connectivity index (χ0) is 16.2. The first-order chi connectivity index (χ1) is 10.9. The van der Waals surface area contributed by atoms with Gasteiger partial charge in [0.1, 0.15) is 0 Å². The lowest BCUT2D eigenvalue weighted by molar-refractivity contribution is 0.435. The van der Waals surface area contributed by atoms with Crippen LogP contribution in [0, 0.1) is 17.0 Å². The molecule has 0 N–H and O–H groups in total. The van der Waals surface area contributed by atoms with Crippen molar-refractivity contribution in [2.45, 2.75) is 39.0 Å². The molecule has 4 rings (SSSR count). The average Bonchev–Trinajstić information content (AvgIpc) is 2.95. The van der Waals surface area contributed by atoms with E-state index in [1.54, 1.807) is 6.07 Å². The van der Waals surface area contributed by atoms with E-state index in [-0.39, 0.29) is 11.3 Å². The van der Waals surface area contributed by atoms with E-state index in [1.807, 2.05) is 11.8 Å². The Bertz CT molecular complexity index is 774. The summed E-state index contributed by atoms with van der Waals surface area (Å²) in [6.45, 7) is 4.45. The summed E-state index contributed by atoms with van der Waals surface area (Å²) in [6.07, 6.45) is 5.31. The third-order valence-corrected chi connectivity index (χ3v) is 6.08. The highest BCUT2D eigenvalue weighted by Gasteiger charge is 2.37. The number of thioether (sulfide) groups is 1. The van der Waals surface area contributed by atoms with Gasteiger partial charge in [0.2, 0.25) is 0 Å². The van der Waals surface area contributed by atoms with Gasteiger partial charge in [-0.3, -0.25) is 4.99 Å². The molecule has 0 bridgehead atoms. The Morgan fingerprint density at radius 2 is 2.00 bits per heavy atom. The normalized spacial score (nSPS) is 25.7. The topological polar surface area (TPSA) is 12.4 Å². The maximum absolute atomic E-state index is 13.8. The number of halogens is 2. The molecule has 23 heavy (non-hydrogen) atoms. The van der Waals surface area contributed by atoms with Crippen molar-refractivity contribution in [2.24, 2.45) is 10.4 Å². The largest absolute Gasteiger partial charge is 0.257 e. The molecular formula is C19H19F2NS. The summed E-state index contributed by atoms with van der Waals surface area (Å²) >= 11 is 1.81. The predicted octanol–water partition coefficient (Wildman–Crippen LogP) is 5.60. The van der Waals surface area contributed by atoms with E-state index < -0.39 is 11.6 Å². The first-order valence-corrected chi connectivity index (χ1v) is 9.05. The molecule has 1 nitrogen and oxygen atoms in total. The summed E-state index contributed by atoms with van der Waals surface area (Å²) in [5.41, 5.74) is 4.44. The van der Waals surface area contributed by atoms with Crippen molar-refractivity contribution in [1.82, 2.24) is 0 Å². The smallest absolute Gasteiger partial charge is 0.159 e. The van der Waals surface area contributed by atoms with Crippen LogP contribution in [-0.4, -0.2) is 11.5 Å². The van der Waals surface area contributed by atoms with Crippen LogP contribution >= 0.6 is 11.8 Å². The number of rotatable bonds is 1. The Balaban J connectivity index is 1.88. The summed E-state index contributed by atoms with van der Waals surface area (Å²) < 4.78 is 27.2. The van der Waals surface area contributed by atoms with Crippen molar-refractivity contribution in [2.75, 3.05) is 5.75 Å². The number of allylic oxidation sites excluding steroid dienone is 4. The van der Waals surface area contributed by atoms with E-state index in [2.05, 4.69) is 19.9 Å². The van der Waals surface area contributed by atoms with Crippen molar-refractivity contribution in [1.29, 1.82) is 0 Å². The number of nitrogens with zero attached hydrogens (tertiary/aromatic N) is 1. The van der Waals surface area contributed by atoms with Crippen LogP contribution < -0.4 is 0 Å². The predicted molar refractivity (Wildman–Crippen MR) is 91.7 cm³/mol. The molecule has 0 amide bonds. The lowest BCUT2D eigenvalue weighted by atomic mass is 9.72. The van der Waals surface area contributed by atoms with Crippen molar-refractivity contribution in [3.05, 3.63) is 57.6 Å². The molecule has 1 aromatic rings. The highest BCUT2D eigenvalue weighted by molar-refractivity contribution is 8.03. The molecule has 1 aromatic carbocycles. The standard InChI is InChI=1S/C19H19F2NS/c1-19(2)7-5-15-12(10-19)17(18-16(22-15)6-8-23-18)11-3-4-13(20)14(21)9-11/h3-4,9-10,17H,5-8H2,1-2H3. The monoisotopic (exact) mass is 331 g/mol. The Kier molecular flexibility index (Phi) is 3.49. The number of hydrogen-bond acceptors (Lipinski definition) is 2. The second-order valence-corrected chi connectivity index (χ2v) is 8.30. The molecular weight excluding hydrogens is 312 g/mol. The zero-order valence-electron chi connectivity index (χ0n) is 13.3. The van der Waals surface area contributed by atoms with Gasteiger partial charge in [-0.15, -0.1) is 11.8 Å². The second-order valence-electron chi connectivity index (χ2n) is 7.16. The Morgan fingerprint density at radius 3 is 2.78 bits per heavy atom. The fourth-order valence-electron chi connectivity index (χ4n) is 3.68. The van der Waals surface area contributed by atoms with Crippen LogP contribution in [0.25, 0.3) is 0 Å². The molecule has 1 atom stereocenters. The van der Waals surface area contributed by atoms with Gasteiger partial charge in [-0.25, -0.2) is 8.78 Å². The first kappa shape index (κ1) is 15.1. The molecule has 0 aromatic heterocycles. The number of hydrogen-bond donors (Lipinski definition) is 0. The van der Waals surface area contributed by atoms with E-state index in [1.165, 1.54) is 22.6 Å². The van der Waals surface area contributed by atoms with Crippen molar-refractivity contribution >= 4 is 17.5 Å². The third-order valence-electron chi connectivity index (χ3n) is 4.89. The van der Waals surface area contributed by atoms with E-state index >= 15 is 0 Å². The summed E-state index contributed by atoms with van der Waals surface area (Å²) in [5, 5.41) is 0. The van der Waals surface area contributed by atoms with Gasteiger partial charge in [-0.2, -0.15) is 0 Å². The lowest BCUT2D eigenvalue weighted by Gasteiger charge is -2.35. The minimum atomic E-state index is -0.787. The van der Waals surface area contributed by atoms with Gasteiger partial charge in [-0.05, 0) is 47.9 Å². The van der Waals surface area contributed by atoms with Crippen LogP contribution in [0.2, 0.25) is 0 Å². The minimum Gasteiger partial charge on any atom is -0.257 e. The van der Waals surface area contributed by atoms with Crippen LogP contribution in [0.15, 0.2) is 45.4 Å². The number of aliphatic imine (C=N–C) groups is 1. The van der Waals surface area contributed by atoms with Crippen molar-refractivity contribution < 1.29 is 8.78 Å². The maximum Gasteiger partial charge on any atom is 0.159 e. The first-order valence-electron chi connectivity index (χ1n) is 8.06. The van der Waals surface area contributed by atoms with Crippen LogP contribution in [0.3, 0.4) is 0 Å². The van der Waals surface area contributed by atoms with Crippen LogP contribution in [-0.2, 0) is 0 Å². The molecule has 0 radical (unpaired) electrons. The average molecular weight is 331 g/mol. The molecule has 1 aliphatic carbocycles. The van der Waals surface area contributed by atoms with Crippen molar-refractivity contribution in [3.8, 4) is 0 Å². The molecule has 0 spiro atoms. The minimum absolute atomic E-state index is 0.0136. The fraction of sp³-hybridized carbons (Fsp3) is 0.421. The van der Waals surface area contributed by atoms with Gasteiger partial charge in [0.25, 0.3) is 0 Å². The molecule has 0 saturated heterocycles. The van der Waals surface area contributed by atoms with Gasteiger partial charge in [0.15, 0.2) is 11.6 Å². The van der Waals surface area contributed by atoms with Gasteiger partial charge >= 0.3 is 0 Å². The van der Waals surface area contributed by atoms with E-state index in [0.29, 0.717) is 0 Å². The SMILES string of the molecule is CC1(C)C=C2C(=NC3=C(SCC3)C2c2ccc(F)c(F)c2)CC1. The molecule has 3 aliphatic rings. The van der Waals surface area contributed by atoms with Gasteiger partial charge < -0.3 is 0 Å². The summed E-state index contributed by atoms with van der Waals surface area (Å²) in [6, 6.07) is 4.32. The van der Waals surface area contributed by atoms with Gasteiger partial charge in [-0.1, -0.05) is 26.0 Å². The number of fused-ring (bicyclic) bond motifs is 1. The Labute approximate surface area is 139 Å². The van der Waals surface area contributed by atoms with E-state index in [4.69, 9.17) is 4.99 Å². The summed E-state index contributed by atoms with van der Waals surface area (Å²) in [7, 11) is 0. The third kappa shape index (κ3) is 2.57. The Hall–Kier alpha value is -1.42. The molecule has 1 unspecified atom stereocenters. The van der Waals surface area contributed by atoms with Crippen molar-refractivity contribution in [3.63, 3.8) is 0 Å².